The first-order valence-electron chi connectivity index (χ1n) is 15.5. The number of alkyl carbamates (subject to hydrolysis) is 1. The molecule has 9 heteroatoms. The van der Waals surface area contributed by atoms with Crippen molar-refractivity contribution in [2.75, 3.05) is 13.1 Å². The summed E-state index contributed by atoms with van der Waals surface area (Å²) in [6, 6.07) is 21.9. The molecule has 3 rings (SSSR count). The van der Waals surface area contributed by atoms with E-state index in [1.165, 1.54) is 0 Å². The molecule has 0 saturated heterocycles. The van der Waals surface area contributed by atoms with E-state index in [2.05, 4.69) is 45.2 Å². The topological polar surface area (TPSA) is 133 Å². The molecule has 240 valence electrons. The molecule has 0 spiro atoms. The lowest BCUT2D eigenvalue weighted by molar-refractivity contribution is -0.121. The number of carbonyl (C=O) groups is 2. The van der Waals surface area contributed by atoms with Gasteiger partial charge in [-0.3, -0.25) is 4.79 Å². The first kappa shape index (κ1) is 34.8. The second kappa shape index (κ2) is 18.2. The van der Waals surface area contributed by atoms with Crippen molar-refractivity contribution in [3.63, 3.8) is 0 Å². The maximum atomic E-state index is 12.7. The van der Waals surface area contributed by atoms with Gasteiger partial charge in [-0.1, -0.05) is 64.9 Å². The monoisotopic (exact) mass is 614 g/mol. The number of rotatable bonds is 16. The number of hydrogen-bond donors (Lipinski definition) is 4. The Labute approximate surface area is 266 Å². The van der Waals surface area contributed by atoms with Gasteiger partial charge in [0, 0.05) is 30.6 Å². The van der Waals surface area contributed by atoms with Crippen LogP contribution in [-0.2, 0) is 29.0 Å². The maximum absolute atomic E-state index is 12.7. The van der Waals surface area contributed by atoms with E-state index in [0.29, 0.717) is 43.8 Å². The normalized spacial score (nSPS) is 12.4. The Morgan fingerprint density at radius 3 is 2.02 bits per heavy atom. The summed E-state index contributed by atoms with van der Waals surface area (Å²) in [6.45, 7) is 8.63. The van der Waals surface area contributed by atoms with E-state index in [1.807, 2.05) is 56.3 Å². The number of aryl methyl sites for hydroxylation is 3. The van der Waals surface area contributed by atoms with Crippen molar-refractivity contribution < 1.29 is 24.7 Å². The standard InChI is InChI=1S/C36H46N4O5/c1-25-11-13-30(22-33(25)27(3)39-43)16-15-29(21-32-14-12-26(2)34(23-32)28(4)40-44)17-18-35(41)37-19-8-20-38-36(42)45-24-31-9-6-5-7-10-31/h5-7,9-14,22-23,29,43-44H,8,15-21,24H2,1-4H3,(H,37,41)(H,38,42). The van der Waals surface area contributed by atoms with E-state index in [1.54, 1.807) is 13.8 Å². The summed E-state index contributed by atoms with van der Waals surface area (Å²) in [5.41, 5.74) is 8.26. The van der Waals surface area contributed by atoms with E-state index in [-0.39, 0.29) is 18.4 Å². The molecule has 3 aromatic rings. The van der Waals surface area contributed by atoms with Gasteiger partial charge in [-0.25, -0.2) is 4.79 Å². The number of nitrogens with one attached hydrogen (secondary N) is 2. The Balaban J connectivity index is 1.53. The van der Waals surface area contributed by atoms with Crippen molar-refractivity contribution in [1.29, 1.82) is 0 Å². The van der Waals surface area contributed by atoms with Gasteiger partial charge < -0.3 is 25.8 Å². The minimum atomic E-state index is -0.479. The molecule has 1 atom stereocenters. The fourth-order valence-corrected chi connectivity index (χ4v) is 5.27. The van der Waals surface area contributed by atoms with Gasteiger partial charge in [-0.2, -0.15) is 0 Å². The minimum absolute atomic E-state index is 0.0214. The molecule has 0 heterocycles. The number of oxime groups is 2. The average molecular weight is 615 g/mol. The Morgan fingerprint density at radius 1 is 0.778 bits per heavy atom. The predicted molar refractivity (Wildman–Crippen MR) is 177 cm³/mol. The fourth-order valence-electron chi connectivity index (χ4n) is 5.27. The van der Waals surface area contributed by atoms with Crippen LogP contribution < -0.4 is 10.6 Å². The Hall–Kier alpha value is -4.66. The summed E-state index contributed by atoms with van der Waals surface area (Å²) in [6.07, 6.45) is 3.69. The van der Waals surface area contributed by atoms with E-state index >= 15 is 0 Å². The van der Waals surface area contributed by atoms with E-state index < -0.39 is 6.09 Å². The molecule has 1 unspecified atom stereocenters. The van der Waals surface area contributed by atoms with Crippen LogP contribution in [0.4, 0.5) is 4.79 Å². The molecule has 3 aromatic carbocycles. The lowest BCUT2D eigenvalue weighted by atomic mass is 9.87. The van der Waals surface area contributed by atoms with Crippen molar-refractivity contribution in [3.05, 3.63) is 106 Å². The summed E-state index contributed by atoms with van der Waals surface area (Å²) >= 11 is 0. The molecule has 0 aromatic heterocycles. The Kier molecular flexibility index (Phi) is 14.1. The highest BCUT2D eigenvalue weighted by atomic mass is 16.5. The van der Waals surface area contributed by atoms with Crippen LogP contribution in [-0.4, -0.2) is 46.9 Å². The molecule has 0 bridgehead atoms. The van der Waals surface area contributed by atoms with Crippen molar-refractivity contribution in [2.24, 2.45) is 16.2 Å². The first-order chi connectivity index (χ1) is 21.7. The predicted octanol–water partition coefficient (Wildman–Crippen LogP) is 6.70. The van der Waals surface area contributed by atoms with Crippen LogP contribution in [0.1, 0.15) is 78.5 Å². The maximum Gasteiger partial charge on any atom is 0.407 e. The second-order valence-corrected chi connectivity index (χ2v) is 11.5. The van der Waals surface area contributed by atoms with Gasteiger partial charge in [-0.15, -0.1) is 0 Å². The SMILES string of the molecule is CC(=NO)c1cc(CCC(CCC(=O)NCCCNC(=O)OCc2ccccc2)Cc2ccc(C)c(C(C)=NO)c2)ccc1C. The highest BCUT2D eigenvalue weighted by Crippen LogP contribution is 2.24. The highest BCUT2D eigenvalue weighted by Gasteiger charge is 2.15. The van der Waals surface area contributed by atoms with E-state index in [0.717, 1.165) is 58.2 Å². The van der Waals surface area contributed by atoms with Gasteiger partial charge in [0.2, 0.25) is 5.91 Å². The number of nitrogens with zero attached hydrogens (tertiary/aromatic N) is 2. The molecule has 9 nitrogen and oxygen atoms in total. The van der Waals surface area contributed by atoms with Gasteiger partial charge in [0.1, 0.15) is 6.61 Å². The summed E-state index contributed by atoms with van der Waals surface area (Å²) in [4.78, 5) is 24.7. The van der Waals surface area contributed by atoms with E-state index in [4.69, 9.17) is 4.74 Å². The fraction of sp³-hybridized carbons (Fsp3) is 0.389. The zero-order chi connectivity index (χ0) is 32.6. The zero-order valence-electron chi connectivity index (χ0n) is 26.8. The highest BCUT2D eigenvalue weighted by molar-refractivity contribution is 6.00. The summed E-state index contributed by atoms with van der Waals surface area (Å²) in [5.74, 6) is 0.211. The Morgan fingerprint density at radius 2 is 1.38 bits per heavy atom. The average Bonchev–Trinajstić information content (AvgIpc) is 3.05. The number of amides is 2. The summed E-state index contributed by atoms with van der Waals surface area (Å²) in [7, 11) is 0. The Bertz CT molecular complexity index is 1470. The van der Waals surface area contributed by atoms with Crippen LogP contribution in [0, 0.1) is 19.8 Å². The number of carbonyl (C=O) groups excluding carboxylic acids is 2. The smallest absolute Gasteiger partial charge is 0.407 e. The molecule has 4 N–H and O–H groups in total. The van der Waals surface area contributed by atoms with Crippen LogP contribution in [0.5, 0.6) is 0 Å². The largest absolute Gasteiger partial charge is 0.445 e. The summed E-state index contributed by atoms with van der Waals surface area (Å²) < 4.78 is 5.21. The van der Waals surface area contributed by atoms with Crippen LogP contribution in [0.2, 0.25) is 0 Å². The van der Waals surface area contributed by atoms with Gasteiger partial charge in [0.25, 0.3) is 0 Å². The van der Waals surface area contributed by atoms with Crippen LogP contribution >= 0.6 is 0 Å². The van der Waals surface area contributed by atoms with Gasteiger partial charge in [0.15, 0.2) is 0 Å². The molecule has 0 saturated carbocycles. The number of ether oxygens (including phenoxy) is 1. The first-order valence-corrected chi connectivity index (χ1v) is 15.5. The van der Waals surface area contributed by atoms with Gasteiger partial charge >= 0.3 is 6.09 Å². The molecular formula is C36H46N4O5. The molecule has 0 aliphatic carbocycles. The quantitative estimate of drug-likeness (QED) is 0.0617. The lowest BCUT2D eigenvalue weighted by Gasteiger charge is -2.19. The minimum Gasteiger partial charge on any atom is -0.445 e. The molecular weight excluding hydrogens is 568 g/mol. The molecule has 45 heavy (non-hydrogen) atoms. The number of hydrogen-bond acceptors (Lipinski definition) is 7. The van der Waals surface area contributed by atoms with Gasteiger partial charge in [0.05, 0.1) is 11.4 Å². The van der Waals surface area contributed by atoms with Crippen LogP contribution in [0.15, 0.2) is 77.0 Å². The third kappa shape index (κ3) is 11.7. The molecule has 0 aliphatic heterocycles. The molecule has 0 radical (unpaired) electrons. The lowest BCUT2D eigenvalue weighted by Crippen LogP contribution is -2.30. The zero-order valence-corrected chi connectivity index (χ0v) is 26.8. The molecule has 2 amide bonds. The summed E-state index contributed by atoms with van der Waals surface area (Å²) in [5, 5.41) is 31.1. The van der Waals surface area contributed by atoms with Crippen molar-refractivity contribution in [3.8, 4) is 0 Å². The third-order valence-corrected chi connectivity index (χ3v) is 7.99. The van der Waals surface area contributed by atoms with E-state index in [9.17, 15) is 20.0 Å². The van der Waals surface area contributed by atoms with Crippen molar-refractivity contribution in [2.45, 2.75) is 72.8 Å². The molecule has 0 aliphatic rings. The molecule has 0 fully saturated rings. The second-order valence-electron chi connectivity index (χ2n) is 11.5. The van der Waals surface area contributed by atoms with Crippen molar-refractivity contribution >= 4 is 23.4 Å². The number of benzene rings is 3. The van der Waals surface area contributed by atoms with Crippen LogP contribution in [0.25, 0.3) is 0 Å². The van der Waals surface area contributed by atoms with Gasteiger partial charge in [-0.05, 0) is 106 Å². The van der Waals surface area contributed by atoms with Crippen LogP contribution in [0.3, 0.4) is 0 Å². The third-order valence-electron chi connectivity index (χ3n) is 7.99. The van der Waals surface area contributed by atoms with Crippen molar-refractivity contribution in [1.82, 2.24) is 10.6 Å².